The van der Waals surface area contributed by atoms with Crippen LogP contribution in [0.2, 0.25) is 0 Å². The largest absolute Gasteiger partial charge is 0.484 e. The van der Waals surface area contributed by atoms with E-state index in [9.17, 15) is 0 Å². The van der Waals surface area contributed by atoms with E-state index in [0.717, 1.165) is 12.2 Å². The van der Waals surface area contributed by atoms with Crippen LogP contribution in [0, 0.1) is 6.61 Å². The Hall–Kier alpha value is -1.02. The smallest absolute Gasteiger partial charge is 0.161 e. The molecule has 1 aromatic rings. The van der Waals surface area contributed by atoms with Gasteiger partial charge in [-0.05, 0) is 50.3 Å². The zero-order valence-corrected chi connectivity index (χ0v) is 13.1. The van der Waals surface area contributed by atoms with Crippen molar-refractivity contribution in [2.24, 2.45) is 0 Å². The number of rotatable bonds is 6. The third-order valence-corrected chi connectivity index (χ3v) is 3.32. The molecule has 1 aromatic carbocycles. The van der Waals surface area contributed by atoms with Crippen molar-refractivity contribution in [2.75, 3.05) is 6.61 Å². The molecule has 0 aliphatic carbocycles. The third-order valence-electron chi connectivity index (χ3n) is 3.32. The van der Waals surface area contributed by atoms with Gasteiger partial charge in [-0.3, -0.25) is 0 Å². The van der Waals surface area contributed by atoms with Crippen molar-refractivity contribution < 1.29 is 9.47 Å². The Morgan fingerprint density at radius 3 is 2.05 bits per heavy atom. The summed E-state index contributed by atoms with van der Waals surface area (Å²) in [5.41, 5.74) is 1.43. The topological polar surface area (TPSA) is 18.5 Å². The highest BCUT2D eigenvalue weighted by Gasteiger charge is 2.17. The van der Waals surface area contributed by atoms with E-state index in [1.807, 2.05) is 32.9 Å². The molecule has 1 rings (SSSR count). The van der Waals surface area contributed by atoms with E-state index in [0.29, 0.717) is 6.61 Å². The molecular formula is C17H27O2. The van der Waals surface area contributed by atoms with Gasteiger partial charge >= 0.3 is 0 Å². The second-order valence-electron chi connectivity index (χ2n) is 6.47. The zero-order chi connectivity index (χ0) is 14.5. The van der Waals surface area contributed by atoms with Gasteiger partial charge in [-0.1, -0.05) is 32.9 Å². The van der Waals surface area contributed by atoms with Gasteiger partial charge < -0.3 is 9.47 Å². The highest BCUT2D eigenvalue weighted by atomic mass is 16.5. The summed E-state index contributed by atoms with van der Waals surface area (Å²) in [6.07, 6.45) is 1.12. The third kappa shape index (κ3) is 5.65. The van der Waals surface area contributed by atoms with Gasteiger partial charge in [-0.25, -0.2) is 0 Å². The summed E-state index contributed by atoms with van der Waals surface area (Å²) < 4.78 is 11.1. The second-order valence-corrected chi connectivity index (χ2v) is 6.47. The van der Waals surface area contributed by atoms with Crippen LogP contribution in [0.25, 0.3) is 0 Å². The first kappa shape index (κ1) is 16.0. The van der Waals surface area contributed by atoms with Crippen molar-refractivity contribution in [3.63, 3.8) is 0 Å². The molecule has 2 heteroatoms. The minimum Gasteiger partial charge on any atom is -0.484 e. The van der Waals surface area contributed by atoms with Gasteiger partial charge in [-0.15, -0.1) is 0 Å². The van der Waals surface area contributed by atoms with Gasteiger partial charge in [0.2, 0.25) is 0 Å². The summed E-state index contributed by atoms with van der Waals surface area (Å²) in [5, 5.41) is 0. The van der Waals surface area contributed by atoms with Crippen LogP contribution in [0.5, 0.6) is 5.75 Å². The molecule has 0 saturated heterocycles. The SMILES string of the molecule is CCC(C)(C)c1ccc(O[CH]COC(C)(C)C)cc1. The molecule has 107 valence electrons. The average molecular weight is 263 g/mol. The predicted molar refractivity (Wildman–Crippen MR) is 80.4 cm³/mol. The second kappa shape index (κ2) is 6.42. The lowest BCUT2D eigenvalue weighted by atomic mass is 9.82. The molecule has 0 saturated carbocycles. The van der Waals surface area contributed by atoms with Crippen molar-refractivity contribution in [1.29, 1.82) is 0 Å². The number of benzene rings is 1. The molecule has 0 atom stereocenters. The number of ether oxygens (including phenoxy) is 2. The standard InChI is InChI=1S/C17H27O2/c1-7-17(5,6)14-8-10-15(11-9-14)18-12-13-19-16(2,3)4/h8-12H,7,13H2,1-6H3. The molecule has 0 aliphatic heterocycles. The fraction of sp³-hybridized carbons (Fsp3) is 0.588. The van der Waals surface area contributed by atoms with Crippen LogP contribution in [-0.4, -0.2) is 12.2 Å². The molecule has 0 heterocycles. The quantitative estimate of drug-likeness (QED) is 0.691. The first-order chi connectivity index (χ1) is 8.74. The van der Waals surface area contributed by atoms with E-state index in [4.69, 9.17) is 9.47 Å². The maximum atomic E-state index is 5.57. The summed E-state index contributed by atoms with van der Waals surface area (Å²) in [6.45, 7) is 15.0. The summed E-state index contributed by atoms with van der Waals surface area (Å²) in [5.74, 6) is 0.855. The molecule has 0 aliphatic rings. The molecule has 0 amide bonds. The summed E-state index contributed by atoms with van der Waals surface area (Å²) in [7, 11) is 0. The predicted octanol–water partition coefficient (Wildman–Crippen LogP) is 4.73. The highest BCUT2D eigenvalue weighted by Crippen LogP contribution is 2.28. The number of hydrogen-bond donors (Lipinski definition) is 0. The Labute approximate surface area is 118 Å². The summed E-state index contributed by atoms with van der Waals surface area (Å²) in [6, 6.07) is 8.30. The zero-order valence-electron chi connectivity index (χ0n) is 13.1. The van der Waals surface area contributed by atoms with Crippen LogP contribution < -0.4 is 4.74 Å². The lowest BCUT2D eigenvalue weighted by molar-refractivity contribution is -0.00200. The van der Waals surface area contributed by atoms with Crippen molar-refractivity contribution in [3.05, 3.63) is 36.4 Å². The van der Waals surface area contributed by atoms with E-state index < -0.39 is 0 Å². The fourth-order valence-electron chi connectivity index (χ4n) is 1.60. The summed E-state index contributed by atoms with van der Waals surface area (Å²) in [4.78, 5) is 0. The molecule has 0 fully saturated rings. The normalized spacial score (nSPS) is 12.5. The van der Waals surface area contributed by atoms with Crippen molar-refractivity contribution in [3.8, 4) is 5.75 Å². The Balaban J connectivity index is 2.45. The maximum absolute atomic E-state index is 5.57. The highest BCUT2D eigenvalue weighted by molar-refractivity contribution is 5.31. The van der Waals surface area contributed by atoms with E-state index in [2.05, 4.69) is 32.9 Å². The van der Waals surface area contributed by atoms with Gasteiger partial charge in [0.15, 0.2) is 6.61 Å². The van der Waals surface area contributed by atoms with Crippen LogP contribution in [0.1, 0.15) is 53.5 Å². The van der Waals surface area contributed by atoms with Crippen LogP contribution in [0.4, 0.5) is 0 Å². The molecule has 1 radical (unpaired) electrons. The van der Waals surface area contributed by atoms with Crippen LogP contribution >= 0.6 is 0 Å². The van der Waals surface area contributed by atoms with E-state index in [1.165, 1.54) is 5.56 Å². The minimum atomic E-state index is -0.130. The van der Waals surface area contributed by atoms with Gasteiger partial charge in [0.05, 0.1) is 12.2 Å². The molecule has 0 unspecified atom stereocenters. The monoisotopic (exact) mass is 263 g/mol. The van der Waals surface area contributed by atoms with E-state index in [1.54, 1.807) is 6.61 Å². The van der Waals surface area contributed by atoms with Crippen molar-refractivity contribution >= 4 is 0 Å². The lowest BCUT2D eigenvalue weighted by Gasteiger charge is -2.23. The lowest BCUT2D eigenvalue weighted by Crippen LogP contribution is -2.20. The van der Waals surface area contributed by atoms with Crippen LogP contribution in [0.15, 0.2) is 24.3 Å². The molecule has 2 nitrogen and oxygen atoms in total. The van der Waals surface area contributed by atoms with Crippen molar-refractivity contribution in [2.45, 2.75) is 59.0 Å². The van der Waals surface area contributed by atoms with Crippen LogP contribution in [-0.2, 0) is 10.2 Å². The molecule has 0 spiro atoms. The van der Waals surface area contributed by atoms with Gasteiger partial charge in [0.1, 0.15) is 5.75 Å². The van der Waals surface area contributed by atoms with E-state index >= 15 is 0 Å². The molecular weight excluding hydrogens is 236 g/mol. The molecule has 19 heavy (non-hydrogen) atoms. The molecule has 0 N–H and O–H groups in total. The van der Waals surface area contributed by atoms with E-state index in [-0.39, 0.29) is 11.0 Å². The first-order valence-corrected chi connectivity index (χ1v) is 6.97. The van der Waals surface area contributed by atoms with Gasteiger partial charge in [0.25, 0.3) is 0 Å². The van der Waals surface area contributed by atoms with Crippen molar-refractivity contribution in [1.82, 2.24) is 0 Å². The first-order valence-electron chi connectivity index (χ1n) is 6.97. The van der Waals surface area contributed by atoms with Crippen LogP contribution in [0.3, 0.4) is 0 Å². The fourth-order valence-corrected chi connectivity index (χ4v) is 1.60. The number of hydrogen-bond acceptors (Lipinski definition) is 2. The van der Waals surface area contributed by atoms with Gasteiger partial charge in [-0.2, -0.15) is 0 Å². The Morgan fingerprint density at radius 2 is 1.58 bits per heavy atom. The molecule has 0 bridgehead atoms. The van der Waals surface area contributed by atoms with Gasteiger partial charge in [0, 0.05) is 0 Å². The average Bonchev–Trinajstić information content (AvgIpc) is 2.34. The molecule has 0 aromatic heterocycles. The Morgan fingerprint density at radius 1 is 1.00 bits per heavy atom. The Bertz CT molecular complexity index is 371. The maximum Gasteiger partial charge on any atom is 0.161 e. The Kier molecular flexibility index (Phi) is 5.42. The minimum absolute atomic E-state index is 0.130. The summed E-state index contributed by atoms with van der Waals surface area (Å²) >= 11 is 0.